The quantitative estimate of drug-likeness (QED) is 0.560. The molecular weight excluding hydrogens is 360 g/mol. The summed E-state index contributed by atoms with van der Waals surface area (Å²) in [6.07, 6.45) is 0. The van der Waals surface area contributed by atoms with E-state index in [9.17, 15) is 4.39 Å². The van der Waals surface area contributed by atoms with Crippen LogP contribution in [0.2, 0.25) is 10.0 Å². The van der Waals surface area contributed by atoms with Gasteiger partial charge < -0.3 is 19.2 Å². The zero-order valence-electron chi connectivity index (χ0n) is 12.7. The van der Waals surface area contributed by atoms with Crippen LogP contribution in [0.4, 0.5) is 10.3 Å². The Morgan fingerprint density at radius 2 is 2.12 bits per heavy atom. The van der Waals surface area contributed by atoms with Gasteiger partial charge in [-0.15, -0.1) is 0 Å². The van der Waals surface area contributed by atoms with E-state index in [1.807, 2.05) is 6.07 Å². The van der Waals surface area contributed by atoms with Crippen LogP contribution < -0.4 is 5.32 Å². The minimum Gasteiger partial charge on any atom is -0.419 e. The van der Waals surface area contributed by atoms with E-state index in [4.69, 9.17) is 42.4 Å². The third-order valence-corrected chi connectivity index (χ3v) is 3.41. The van der Waals surface area contributed by atoms with Gasteiger partial charge in [0.25, 0.3) is 0 Å². The van der Waals surface area contributed by atoms with Gasteiger partial charge in [0.2, 0.25) is 17.5 Å². The summed E-state index contributed by atoms with van der Waals surface area (Å²) < 4.78 is 29.7. The number of hydrogen-bond donors (Lipinski definition) is 1. The molecule has 0 aliphatic carbocycles. The Kier molecular flexibility index (Phi) is 6.82. The van der Waals surface area contributed by atoms with Crippen molar-refractivity contribution < 1.29 is 18.3 Å². The lowest BCUT2D eigenvalue weighted by Gasteiger charge is -2.04. The molecule has 24 heavy (non-hydrogen) atoms. The molecule has 2 aromatic rings. The van der Waals surface area contributed by atoms with E-state index in [2.05, 4.69) is 10.3 Å². The Labute approximate surface area is 148 Å². The van der Waals surface area contributed by atoms with Crippen LogP contribution in [0.1, 0.15) is 5.69 Å². The lowest BCUT2D eigenvalue weighted by atomic mass is 10.2. The molecule has 0 unspecified atom stereocenters. The number of hydrogen-bond acceptors (Lipinski definition) is 6. The maximum absolute atomic E-state index is 14.1. The van der Waals surface area contributed by atoms with Crippen molar-refractivity contribution in [2.75, 3.05) is 38.8 Å². The fourth-order valence-corrected chi connectivity index (χ4v) is 2.32. The third kappa shape index (κ3) is 4.58. The van der Waals surface area contributed by atoms with E-state index in [0.29, 0.717) is 26.4 Å². The van der Waals surface area contributed by atoms with Crippen LogP contribution in [0.3, 0.4) is 0 Å². The molecule has 0 bridgehead atoms. The molecule has 1 aromatic carbocycles. The number of oxazole rings is 1. The number of halogens is 3. The van der Waals surface area contributed by atoms with Gasteiger partial charge in [0.05, 0.1) is 30.4 Å². The standard InChI is InChI=1S/C15H14Cl2FN3O3/c1-22-4-5-23-3-2-20-15-12(8-19)21-14(24-15)10-6-9(16)7-11(17)13(10)18/h6-7,20H,2-5H2,1H3. The number of rotatable bonds is 8. The number of nitriles is 1. The first kappa shape index (κ1) is 18.5. The predicted molar refractivity (Wildman–Crippen MR) is 87.8 cm³/mol. The predicted octanol–water partition coefficient (Wildman–Crippen LogP) is 3.73. The SMILES string of the molecule is COCCOCCNc1oc(-c2cc(Cl)cc(Cl)c2F)nc1C#N. The summed E-state index contributed by atoms with van der Waals surface area (Å²) in [6, 6.07) is 4.48. The Hall–Kier alpha value is -1.85. The number of aromatic nitrogens is 1. The zero-order chi connectivity index (χ0) is 17.5. The molecule has 0 aliphatic rings. The Morgan fingerprint density at radius 3 is 2.83 bits per heavy atom. The molecule has 0 spiro atoms. The van der Waals surface area contributed by atoms with Gasteiger partial charge in [-0.05, 0) is 12.1 Å². The van der Waals surface area contributed by atoms with Crippen LogP contribution in [-0.2, 0) is 9.47 Å². The Morgan fingerprint density at radius 1 is 1.33 bits per heavy atom. The number of anilines is 1. The maximum Gasteiger partial charge on any atom is 0.233 e. The second-order valence-corrected chi connectivity index (χ2v) is 5.43. The Balaban J connectivity index is 2.12. The van der Waals surface area contributed by atoms with Crippen LogP contribution in [0.25, 0.3) is 11.5 Å². The molecular formula is C15H14Cl2FN3O3. The van der Waals surface area contributed by atoms with Crippen LogP contribution in [0.15, 0.2) is 16.5 Å². The highest BCUT2D eigenvalue weighted by Gasteiger charge is 2.19. The molecule has 0 aliphatic heterocycles. The smallest absolute Gasteiger partial charge is 0.233 e. The first-order chi connectivity index (χ1) is 11.6. The van der Waals surface area contributed by atoms with Gasteiger partial charge in [0.15, 0.2) is 5.82 Å². The van der Waals surface area contributed by atoms with E-state index in [-0.39, 0.29) is 33.1 Å². The maximum atomic E-state index is 14.1. The number of benzene rings is 1. The molecule has 1 aromatic heterocycles. The molecule has 128 valence electrons. The number of nitrogens with one attached hydrogen (secondary N) is 1. The van der Waals surface area contributed by atoms with Crippen molar-refractivity contribution in [3.8, 4) is 17.5 Å². The van der Waals surface area contributed by atoms with Crippen molar-refractivity contribution >= 4 is 29.1 Å². The second kappa shape index (κ2) is 8.85. The number of methoxy groups -OCH3 is 1. The monoisotopic (exact) mass is 373 g/mol. The third-order valence-electron chi connectivity index (χ3n) is 2.92. The first-order valence-corrected chi connectivity index (χ1v) is 7.68. The fourth-order valence-electron chi connectivity index (χ4n) is 1.82. The van der Waals surface area contributed by atoms with Crippen molar-refractivity contribution in [2.45, 2.75) is 0 Å². The van der Waals surface area contributed by atoms with E-state index in [1.54, 1.807) is 7.11 Å². The van der Waals surface area contributed by atoms with E-state index in [1.165, 1.54) is 12.1 Å². The molecule has 0 saturated carbocycles. The highest BCUT2D eigenvalue weighted by Crippen LogP contribution is 2.33. The normalized spacial score (nSPS) is 10.6. The van der Waals surface area contributed by atoms with E-state index >= 15 is 0 Å². The number of ether oxygens (including phenoxy) is 2. The summed E-state index contributed by atoms with van der Waals surface area (Å²) in [5.41, 5.74) is -0.0224. The van der Waals surface area contributed by atoms with Crippen molar-refractivity contribution in [3.05, 3.63) is 33.7 Å². The van der Waals surface area contributed by atoms with Crippen molar-refractivity contribution in [2.24, 2.45) is 0 Å². The Bertz CT molecular complexity index is 746. The van der Waals surface area contributed by atoms with Gasteiger partial charge in [-0.3, -0.25) is 0 Å². The van der Waals surface area contributed by atoms with Gasteiger partial charge in [-0.25, -0.2) is 4.39 Å². The molecule has 1 heterocycles. The lowest BCUT2D eigenvalue weighted by molar-refractivity contribution is 0.0758. The van der Waals surface area contributed by atoms with Gasteiger partial charge in [-0.2, -0.15) is 10.2 Å². The van der Waals surface area contributed by atoms with Crippen LogP contribution in [0, 0.1) is 17.1 Å². The average Bonchev–Trinajstić information content (AvgIpc) is 2.97. The minimum absolute atomic E-state index is 0.00242. The summed E-state index contributed by atoms with van der Waals surface area (Å²) in [4.78, 5) is 3.96. The summed E-state index contributed by atoms with van der Waals surface area (Å²) in [5.74, 6) is -0.684. The number of nitrogens with zero attached hydrogens (tertiary/aromatic N) is 2. The topological polar surface area (TPSA) is 80.3 Å². The van der Waals surface area contributed by atoms with Gasteiger partial charge in [0, 0.05) is 18.7 Å². The second-order valence-electron chi connectivity index (χ2n) is 4.59. The average molecular weight is 374 g/mol. The van der Waals surface area contributed by atoms with Crippen LogP contribution in [0.5, 0.6) is 0 Å². The molecule has 0 radical (unpaired) electrons. The minimum atomic E-state index is -0.721. The molecule has 0 atom stereocenters. The van der Waals surface area contributed by atoms with Gasteiger partial charge in [-0.1, -0.05) is 23.2 Å². The van der Waals surface area contributed by atoms with Crippen molar-refractivity contribution in [3.63, 3.8) is 0 Å². The summed E-state index contributed by atoms with van der Waals surface area (Å²) >= 11 is 11.6. The largest absolute Gasteiger partial charge is 0.419 e. The highest BCUT2D eigenvalue weighted by atomic mass is 35.5. The van der Waals surface area contributed by atoms with Crippen molar-refractivity contribution in [1.82, 2.24) is 4.98 Å². The summed E-state index contributed by atoms with van der Waals surface area (Å²) in [6.45, 7) is 1.70. The highest BCUT2D eigenvalue weighted by molar-refractivity contribution is 6.35. The van der Waals surface area contributed by atoms with E-state index < -0.39 is 5.82 Å². The van der Waals surface area contributed by atoms with E-state index in [0.717, 1.165) is 0 Å². The molecule has 9 heteroatoms. The zero-order valence-corrected chi connectivity index (χ0v) is 14.2. The first-order valence-electron chi connectivity index (χ1n) is 6.93. The fraction of sp³-hybridized carbons (Fsp3) is 0.333. The summed E-state index contributed by atoms with van der Waals surface area (Å²) in [5, 5.41) is 12.1. The molecule has 0 saturated heterocycles. The van der Waals surface area contributed by atoms with Crippen LogP contribution >= 0.6 is 23.2 Å². The summed E-state index contributed by atoms with van der Waals surface area (Å²) in [7, 11) is 1.58. The molecule has 0 fully saturated rings. The van der Waals surface area contributed by atoms with Gasteiger partial charge in [0.1, 0.15) is 6.07 Å². The molecule has 2 rings (SSSR count). The molecule has 0 amide bonds. The molecule has 6 nitrogen and oxygen atoms in total. The molecule has 1 N–H and O–H groups in total. The van der Waals surface area contributed by atoms with Gasteiger partial charge >= 0.3 is 0 Å². The van der Waals surface area contributed by atoms with Crippen LogP contribution in [-0.4, -0.2) is 38.5 Å². The lowest BCUT2D eigenvalue weighted by Crippen LogP contribution is -2.12. The van der Waals surface area contributed by atoms with Crippen molar-refractivity contribution in [1.29, 1.82) is 5.26 Å².